The van der Waals surface area contributed by atoms with E-state index in [1.54, 1.807) is 6.07 Å². The van der Waals surface area contributed by atoms with E-state index in [0.29, 0.717) is 5.75 Å². The Morgan fingerprint density at radius 2 is 1.97 bits per heavy atom. The van der Waals surface area contributed by atoms with Crippen LogP contribution in [0, 0.1) is 0 Å². The van der Waals surface area contributed by atoms with E-state index in [4.69, 9.17) is 22.1 Å². The van der Waals surface area contributed by atoms with E-state index in [2.05, 4.69) is 15.4 Å². The number of benzene rings is 1. The summed E-state index contributed by atoms with van der Waals surface area (Å²) in [7, 11) is 2.84. The van der Waals surface area contributed by atoms with Crippen LogP contribution in [0.5, 0.6) is 5.75 Å². The fourth-order valence-electron chi connectivity index (χ4n) is 2.61. The number of nitrogens with zero attached hydrogens (tertiary/aromatic N) is 3. The Labute approximate surface area is 168 Å². The standard InChI is InChI=1S/C18H15ClF3N5O2/c1-27-13(8-14(26-27)18(20,21)22)11-5-6-15(24-16(11)23)25-17(28)10-4-3-9(29-2)7-12(10)19/h3-8H,1-2H3,(H3,23,24,25,28). The molecule has 29 heavy (non-hydrogen) atoms. The van der Waals surface area contributed by atoms with E-state index in [1.165, 1.54) is 38.4 Å². The number of aryl methyl sites for hydroxylation is 1. The normalized spacial score (nSPS) is 11.4. The minimum absolute atomic E-state index is 0.0691. The molecule has 7 nitrogen and oxygen atoms in total. The average molecular weight is 426 g/mol. The molecule has 0 bridgehead atoms. The second kappa shape index (κ2) is 7.63. The highest BCUT2D eigenvalue weighted by Gasteiger charge is 2.35. The summed E-state index contributed by atoms with van der Waals surface area (Å²) in [4.78, 5) is 16.5. The van der Waals surface area contributed by atoms with Crippen molar-refractivity contribution in [2.75, 3.05) is 18.2 Å². The van der Waals surface area contributed by atoms with Gasteiger partial charge in [-0.25, -0.2) is 4.98 Å². The molecule has 0 saturated heterocycles. The maximum atomic E-state index is 12.9. The van der Waals surface area contributed by atoms with Crippen molar-refractivity contribution < 1.29 is 22.7 Å². The van der Waals surface area contributed by atoms with Crippen molar-refractivity contribution in [3.05, 3.63) is 52.7 Å². The lowest BCUT2D eigenvalue weighted by molar-refractivity contribution is -0.141. The Balaban J connectivity index is 1.85. The molecule has 0 radical (unpaired) electrons. The molecule has 3 aromatic rings. The highest BCUT2D eigenvalue weighted by atomic mass is 35.5. The van der Waals surface area contributed by atoms with Gasteiger partial charge < -0.3 is 15.8 Å². The van der Waals surface area contributed by atoms with Gasteiger partial charge in [-0.15, -0.1) is 0 Å². The minimum Gasteiger partial charge on any atom is -0.497 e. The number of rotatable bonds is 4. The number of ether oxygens (including phenoxy) is 1. The quantitative estimate of drug-likeness (QED) is 0.658. The van der Waals surface area contributed by atoms with Crippen LogP contribution in [-0.2, 0) is 13.2 Å². The van der Waals surface area contributed by atoms with Crippen LogP contribution in [0.1, 0.15) is 16.1 Å². The zero-order chi connectivity index (χ0) is 21.3. The Morgan fingerprint density at radius 3 is 2.52 bits per heavy atom. The summed E-state index contributed by atoms with van der Waals surface area (Å²) in [5.41, 5.74) is 5.43. The van der Waals surface area contributed by atoms with Gasteiger partial charge in [0.05, 0.1) is 23.4 Å². The smallest absolute Gasteiger partial charge is 0.435 e. The molecule has 0 aliphatic heterocycles. The molecule has 0 aliphatic carbocycles. The summed E-state index contributed by atoms with van der Waals surface area (Å²) in [5.74, 6) is 0.00608. The molecular formula is C18H15ClF3N5O2. The second-order valence-electron chi connectivity index (χ2n) is 5.97. The largest absolute Gasteiger partial charge is 0.497 e. The lowest BCUT2D eigenvalue weighted by Gasteiger charge is -2.10. The van der Waals surface area contributed by atoms with Gasteiger partial charge in [0, 0.05) is 12.6 Å². The first kappa shape index (κ1) is 20.5. The number of hydrogen-bond acceptors (Lipinski definition) is 5. The number of nitrogens with one attached hydrogen (secondary N) is 1. The topological polar surface area (TPSA) is 95.1 Å². The van der Waals surface area contributed by atoms with E-state index in [1.807, 2.05) is 0 Å². The number of alkyl halides is 3. The minimum atomic E-state index is -4.58. The van der Waals surface area contributed by atoms with Gasteiger partial charge in [0.2, 0.25) is 0 Å². The first-order valence-corrected chi connectivity index (χ1v) is 8.51. The third-order valence-electron chi connectivity index (χ3n) is 4.03. The number of carbonyl (C=O) groups excluding carboxylic acids is 1. The lowest BCUT2D eigenvalue weighted by atomic mass is 10.1. The molecule has 3 rings (SSSR count). The van der Waals surface area contributed by atoms with Gasteiger partial charge in [0.25, 0.3) is 5.91 Å². The molecule has 2 aromatic heterocycles. The predicted octanol–water partition coefficient (Wildman–Crippen LogP) is 4.00. The molecule has 11 heteroatoms. The summed E-state index contributed by atoms with van der Waals surface area (Å²) >= 11 is 6.07. The highest BCUT2D eigenvalue weighted by molar-refractivity contribution is 6.34. The number of nitrogens with two attached hydrogens (primary N) is 1. The maximum absolute atomic E-state index is 12.9. The molecule has 0 spiro atoms. The highest BCUT2D eigenvalue weighted by Crippen LogP contribution is 2.33. The molecule has 0 fully saturated rings. The Hall–Kier alpha value is -3.27. The third kappa shape index (κ3) is 4.27. The van der Waals surface area contributed by atoms with Crippen LogP contribution >= 0.6 is 11.6 Å². The van der Waals surface area contributed by atoms with E-state index in [9.17, 15) is 18.0 Å². The molecule has 2 heterocycles. The number of anilines is 2. The van der Waals surface area contributed by atoms with E-state index in [-0.39, 0.29) is 33.5 Å². The van der Waals surface area contributed by atoms with Gasteiger partial charge in [-0.3, -0.25) is 9.48 Å². The molecule has 0 atom stereocenters. The number of hydrogen-bond donors (Lipinski definition) is 2. The van der Waals surface area contributed by atoms with Crippen molar-refractivity contribution >= 4 is 29.1 Å². The molecular weight excluding hydrogens is 411 g/mol. The van der Waals surface area contributed by atoms with Crippen LogP contribution < -0.4 is 15.8 Å². The van der Waals surface area contributed by atoms with Crippen molar-refractivity contribution in [3.63, 3.8) is 0 Å². The van der Waals surface area contributed by atoms with Crippen LogP contribution in [0.25, 0.3) is 11.3 Å². The van der Waals surface area contributed by atoms with Crippen molar-refractivity contribution in [2.24, 2.45) is 7.05 Å². The lowest BCUT2D eigenvalue weighted by Crippen LogP contribution is -2.14. The van der Waals surface area contributed by atoms with Crippen LogP contribution in [0.3, 0.4) is 0 Å². The van der Waals surface area contributed by atoms with Crippen LogP contribution in [0.4, 0.5) is 24.8 Å². The molecule has 152 valence electrons. The van der Waals surface area contributed by atoms with E-state index in [0.717, 1.165) is 10.7 Å². The number of amides is 1. The summed E-state index contributed by atoms with van der Waals surface area (Å²) in [6.45, 7) is 0. The van der Waals surface area contributed by atoms with Crippen LogP contribution in [0.15, 0.2) is 36.4 Å². The van der Waals surface area contributed by atoms with Crippen molar-refractivity contribution in [1.29, 1.82) is 0 Å². The Morgan fingerprint density at radius 1 is 1.24 bits per heavy atom. The number of halogens is 4. The number of pyridine rings is 1. The molecule has 1 aromatic carbocycles. The van der Waals surface area contributed by atoms with E-state index >= 15 is 0 Å². The van der Waals surface area contributed by atoms with Gasteiger partial charge in [0.1, 0.15) is 17.4 Å². The van der Waals surface area contributed by atoms with E-state index < -0.39 is 17.8 Å². The number of methoxy groups -OCH3 is 1. The number of nitrogen functional groups attached to an aromatic ring is 1. The Kier molecular flexibility index (Phi) is 5.38. The van der Waals surface area contributed by atoms with Gasteiger partial charge in [-0.05, 0) is 36.4 Å². The first-order valence-electron chi connectivity index (χ1n) is 8.13. The summed E-state index contributed by atoms with van der Waals surface area (Å²) in [6.07, 6.45) is -4.58. The fourth-order valence-corrected chi connectivity index (χ4v) is 2.87. The summed E-state index contributed by atoms with van der Waals surface area (Å²) in [5, 5.41) is 6.17. The molecule has 1 amide bonds. The third-order valence-corrected chi connectivity index (χ3v) is 4.35. The molecule has 3 N–H and O–H groups in total. The van der Waals surface area contributed by atoms with Gasteiger partial charge in [-0.1, -0.05) is 11.6 Å². The maximum Gasteiger partial charge on any atom is 0.435 e. The average Bonchev–Trinajstić information content (AvgIpc) is 3.03. The molecule has 0 unspecified atom stereocenters. The Bertz CT molecular complexity index is 1080. The zero-order valence-electron chi connectivity index (χ0n) is 15.2. The SMILES string of the molecule is COc1ccc(C(=O)Nc2ccc(-c3cc(C(F)(F)F)nn3C)c(N)n2)c(Cl)c1. The molecule has 0 saturated carbocycles. The van der Waals surface area contributed by atoms with Gasteiger partial charge in [0.15, 0.2) is 5.69 Å². The van der Waals surface area contributed by atoms with Crippen LogP contribution in [-0.4, -0.2) is 27.8 Å². The van der Waals surface area contributed by atoms with Crippen LogP contribution in [0.2, 0.25) is 5.02 Å². The fraction of sp³-hybridized carbons (Fsp3) is 0.167. The van der Waals surface area contributed by atoms with Crippen molar-refractivity contribution in [3.8, 4) is 17.0 Å². The second-order valence-corrected chi connectivity index (χ2v) is 6.37. The zero-order valence-corrected chi connectivity index (χ0v) is 16.0. The summed E-state index contributed by atoms with van der Waals surface area (Å²) < 4.78 is 44.7. The number of aromatic nitrogens is 3. The summed E-state index contributed by atoms with van der Waals surface area (Å²) in [6, 6.07) is 8.30. The predicted molar refractivity (Wildman–Crippen MR) is 102 cm³/mol. The first-order chi connectivity index (χ1) is 13.6. The van der Waals surface area contributed by atoms with Gasteiger partial charge >= 0.3 is 6.18 Å². The monoisotopic (exact) mass is 425 g/mol. The van der Waals surface area contributed by atoms with Crippen molar-refractivity contribution in [1.82, 2.24) is 14.8 Å². The molecule has 0 aliphatic rings. The van der Waals surface area contributed by atoms with Gasteiger partial charge in [-0.2, -0.15) is 18.3 Å². The number of carbonyl (C=O) groups is 1. The van der Waals surface area contributed by atoms with Crippen molar-refractivity contribution in [2.45, 2.75) is 6.18 Å².